The second-order valence-corrected chi connectivity index (χ2v) is 9.77. The van der Waals surface area contributed by atoms with E-state index in [1.165, 1.54) is 15.6 Å². The van der Waals surface area contributed by atoms with Gasteiger partial charge in [-0.3, -0.25) is 15.1 Å². The van der Waals surface area contributed by atoms with Crippen LogP contribution in [0.15, 0.2) is 17.1 Å². The van der Waals surface area contributed by atoms with Gasteiger partial charge in [-0.15, -0.1) is 11.3 Å². The Kier molecular flexibility index (Phi) is 16.1. The third-order valence-corrected chi connectivity index (χ3v) is 7.21. The maximum atomic E-state index is 10.8. The molecule has 32 heavy (non-hydrogen) atoms. The number of nitrogens with one attached hydrogen (secondary N) is 1. The lowest BCUT2D eigenvalue weighted by Gasteiger charge is -2.16. The molecule has 182 valence electrons. The van der Waals surface area contributed by atoms with Crippen molar-refractivity contribution in [2.24, 2.45) is 4.99 Å². The quantitative estimate of drug-likeness (QED) is 0.0804. The maximum Gasteiger partial charge on any atom is 0.259 e. The zero-order valence-electron chi connectivity index (χ0n) is 20.3. The van der Waals surface area contributed by atoms with Crippen LogP contribution in [0.3, 0.4) is 0 Å². The van der Waals surface area contributed by atoms with Gasteiger partial charge in [0.2, 0.25) is 0 Å². The average Bonchev–Trinajstić information content (AvgIpc) is 3.15. The summed E-state index contributed by atoms with van der Waals surface area (Å²) in [5, 5.41) is 15.3. The van der Waals surface area contributed by atoms with Gasteiger partial charge in [-0.2, -0.15) is 11.8 Å². The lowest BCUT2D eigenvalue weighted by Crippen LogP contribution is -2.31. The number of nitro groups is 1. The minimum Gasteiger partial charge on any atom is -0.368 e. The molecule has 0 fully saturated rings. The SMILES string of the molecule is CCC=CCN=C(C[N+](=O)[O-])NCCCSCc1nc(CCN(CC)CC)sc1CCC. The Labute approximate surface area is 202 Å². The second kappa shape index (κ2) is 18.0. The van der Waals surface area contributed by atoms with Crippen LogP contribution < -0.4 is 5.32 Å². The molecule has 0 saturated heterocycles. The highest BCUT2D eigenvalue weighted by atomic mass is 32.2. The van der Waals surface area contributed by atoms with Crippen molar-refractivity contribution < 1.29 is 4.92 Å². The number of allylic oxidation sites excluding steroid dienone is 1. The largest absolute Gasteiger partial charge is 0.368 e. The normalized spacial score (nSPS) is 12.2. The van der Waals surface area contributed by atoms with Crippen molar-refractivity contribution in [3.8, 4) is 0 Å². The summed E-state index contributed by atoms with van der Waals surface area (Å²) in [5.41, 5.74) is 1.25. The zero-order chi connectivity index (χ0) is 23.6. The van der Waals surface area contributed by atoms with Gasteiger partial charge in [0.05, 0.1) is 17.2 Å². The molecule has 1 aromatic rings. The molecule has 0 radical (unpaired) electrons. The van der Waals surface area contributed by atoms with Gasteiger partial charge in [-0.25, -0.2) is 4.98 Å². The van der Waals surface area contributed by atoms with Crippen LogP contribution in [0.5, 0.6) is 0 Å². The lowest BCUT2D eigenvalue weighted by atomic mass is 10.2. The summed E-state index contributed by atoms with van der Waals surface area (Å²) in [7, 11) is 0. The van der Waals surface area contributed by atoms with E-state index in [4.69, 9.17) is 4.98 Å². The Morgan fingerprint density at radius 2 is 2.03 bits per heavy atom. The number of thioether (sulfide) groups is 1. The second-order valence-electron chi connectivity index (χ2n) is 7.50. The van der Waals surface area contributed by atoms with Gasteiger partial charge in [-0.05, 0) is 38.1 Å². The van der Waals surface area contributed by atoms with E-state index in [2.05, 4.69) is 42.9 Å². The van der Waals surface area contributed by atoms with Crippen LogP contribution >= 0.6 is 23.1 Å². The Balaban J connectivity index is 2.44. The van der Waals surface area contributed by atoms with Crippen molar-refractivity contribution in [3.05, 3.63) is 37.8 Å². The van der Waals surface area contributed by atoms with Crippen LogP contribution in [0, 0.1) is 10.1 Å². The van der Waals surface area contributed by atoms with Gasteiger partial charge in [0.15, 0.2) is 5.84 Å². The number of nitrogens with zero attached hydrogens (tertiary/aromatic N) is 4. The van der Waals surface area contributed by atoms with E-state index in [0.717, 1.165) is 63.2 Å². The predicted octanol–water partition coefficient (Wildman–Crippen LogP) is 4.83. The molecule has 0 aliphatic rings. The first kappa shape index (κ1) is 28.6. The van der Waals surface area contributed by atoms with Gasteiger partial charge >= 0.3 is 0 Å². The van der Waals surface area contributed by atoms with E-state index in [1.807, 2.05) is 35.3 Å². The summed E-state index contributed by atoms with van der Waals surface area (Å²) < 4.78 is 0. The summed E-state index contributed by atoms with van der Waals surface area (Å²) >= 11 is 3.78. The van der Waals surface area contributed by atoms with Gasteiger partial charge < -0.3 is 10.2 Å². The fourth-order valence-corrected chi connectivity index (χ4v) is 5.33. The molecule has 0 unspecified atom stereocenters. The predicted molar refractivity (Wildman–Crippen MR) is 140 cm³/mol. The van der Waals surface area contributed by atoms with E-state index in [9.17, 15) is 10.1 Å². The number of thiazole rings is 1. The molecular formula is C23H41N5O2S2. The monoisotopic (exact) mass is 483 g/mol. The molecule has 0 aromatic carbocycles. The molecule has 0 aliphatic carbocycles. The van der Waals surface area contributed by atoms with Crippen LogP contribution in [-0.2, 0) is 18.6 Å². The number of aromatic nitrogens is 1. The van der Waals surface area contributed by atoms with Crippen LogP contribution in [0.4, 0.5) is 0 Å². The summed E-state index contributed by atoms with van der Waals surface area (Å²) in [6.07, 6.45) is 9.12. The first-order valence-corrected chi connectivity index (χ1v) is 13.8. The van der Waals surface area contributed by atoms with Crippen molar-refractivity contribution in [1.29, 1.82) is 0 Å². The van der Waals surface area contributed by atoms with E-state index in [-0.39, 0.29) is 11.5 Å². The molecule has 1 aromatic heterocycles. The molecule has 7 nitrogen and oxygen atoms in total. The van der Waals surface area contributed by atoms with Crippen LogP contribution in [0.2, 0.25) is 0 Å². The molecule has 0 atom stereocenters. The minimum atomic E-state index is -0.334. The number of aryl methyl sites for hydroxylation is 1. The number of likely N-dealkylation sites (N-methyl/N-ethyl adjacent to an activating group) is 1. The lowest BCUT2D eigenvalue weighted by molar-refractivity contribution is -0.463. The summed E-state index contributed by atoms with van der Waals surface area (Å²) in [6, 6.07) is 0. The summed E-state index contributed by atoms with van der Waals surface area (Å²) in [4.78, 5) is 23.7. The van der Waals surface area contributed by atoms with Crippen LogP contribution in [0.1, 0.15) is 62.5 Å². The van der Waals surface area contributed by atoms with Crippen LogP contribution in [-0.4, -0.2) is 65.7 Å². The molecule has 0 saturated carbocycles. The molecule has 1 N–H and O–H groups in total. The van der Waals surface area contributed by atoms with Crippen molar-refractivity contribution in [2.75, 3.05) is 45.0 Å². The number of hydrogen-bond acceptors (Lipinski definition) is 7. The van der Waals surface area contributed by atoms with Crippen molar-refractivity contribution in [1.82, 2.24) is 15.2 Å². The third kappa shape index (κ3) is 12.6. The van der Waals surface area contributed by atoms with Crippen molar-refractivity contribution >= 4 is 28.9 Å². The van der Waals surface area contributed by atoms with E-state index in [0.29, 0.717) is 18.9 Å². The zero-order valence-corrected chi connectivity index (χ0v) is 21.9. The fraction of sp³-hybridized carbons (Fsp3) is 0.739. The summed E-state index contributed by atoms with van der Waals surface area (Å²) in [6.45, 7) is 12.9. The van der Waals surface area contributed by atoms with E-state index in [1.54, 1.807) is 0 Å². The summed E-state index contributed by atoms with van der Waals surface area (Å²) in [5.74, 6) is 2.39. The Bertz CT molecular complexity index is 703. The maximum absolute atomic E-state index is 10.8. The van der Waals surface area contributed by atoms with E-state index < -0.39 is 0 Å². The Morgan fingerprint density at radius 3 is 2.69 bits per heavy atom. The fourth-order valence-electron chi connectivity index (χ4n) is 3.14. The number of hydrogen-bond donors (Lipinski definition) is 1. The molecule has 1 rings (SSSR count). The van der Waals surface area contributed by atoms with Crippen molar-refractivity contribution in [3.63, 3.8) is 0 Å². The third-order valence-electron chi connectivity index (χ3n) is 4.94. The molecule has 0 spiro atoms. The molecule has 0 aliphatic heterocycles. The average molecular weight is 484 g/mol. The topological polar surface area (TPSA) is 83.7 Å². The molecule has 0 bridgehead atoms. The minimum absolute atomic E-state index is 0.247. The van der Waals surface area contributed by atoms with Gasteiger partial charge in [0, 0.05) is 35.1 Å². The Morgan fingerprint density at radius 1 is 1.25 bits per heavy atom. The first-order valence-electron chi connectivity index (χ1n) is 11.8. The number of aliphatic imine (C=N–C) groups is 1. The van der Waals surface area contributed by atoms with E-state index >= 15 is 0 Å². The molecule has 1 heterocycles. The first-order chi connectivity index (χ1) is 15.5. The van der Waals surface area contributed by atoms with Gasteiger partial charge in [-0.1, -0.05) is 46.3 Å². The molecule has 0 amide bonds. The molecule has 9 heteroatoms. The Hall–Kier alpha value is -1.45. The van der Waals surface area contributed by atoms with Gasteiger partial charge in [0.25, 0.3) is 6.54 Å². The number of rotatable bonds is 18. The van der Waals surface area contributed by atoms with Crippen LogP contribution in [0.25, 0.3) is 0 Å². The highest BCUT2D eigenvalue weighted by Gasteiger charge is 2.12. The smallest absolute Gasteiger partial charge is 0.259 e. The molecular weight excluding hydrogens is 442 g/mol. The number of amidine groups is 1. The standard InChI is InChI=1S/C23H41N5O2S2/c1-5-9-10-14-24-22(18-28(29)30)25-15-11-17-31-19-20-21(12-6-2)32-23(26-20)13-16-27(7-3)8-4/h9-10H,5-8,11-19H2,1-4H3,(H,24,25). The highest BCUT2D eigenvalue weighted by Crippen LogP contribution is 2.25. The van der Waals surface area contributed by atoms with Crippen molar-refractivity contribution in [2.45, 2.75) is 65.6 Å². The highest BCUT2D eigenvalue weighted by molar-refractivity contribution is 7.98. The van der Waals surface area contributed by atoms with Gasteiger partial charge in [0.1, 0.15) is 0 Å².